The van der Waals surface area contributed by atoms with Crippen molar-refractivity contribution < 1.29 is 18.6 Å². The predicted octanol–water partition coefficient (Wildman–Crippen LogP) is 2.83. The first-order valence-corrected chi connectivity index (χ1v) is 8.20. The highest BCUT2D eigenvalue weighted by Crippen LogP contribution is 2.33. The average molecular weight is 338 g/mol. The molecule has 6 heteroatoms. The molecule has 1 aromatic carbocycles. The average Bonchev–Trinajstić information content (AvgIpc) is 2.43. The molecule has 126 valence electrons. The molecule has 1 aromatic rings. The number of carbonyl (C=O) groups is 1. The molecule has 0 spiro atoms. The molecule has 0 amide bonds. The fourth-order valence-corrected chi connectivity index (χ4v) is 1.74. The highest BCUT2D eigenvalue weighted by atomic mass is 31.0. The second-order valence-corrected chi connectivity index (χ2v) is 7.89. The van der Waals surface area contributed by atoms with Gasteiger partial charge in [-0.3, -0.25) is 0 Å². The normalized spacial score (nSPS) is 12.5. The smallest absolute Gasteiger partial charge is 0.330 e. The van der Waals surface area contributed by atoms with E-state index in [9.17, 15) is 9.18 Å². The molecule has 0 aliphatic rings. The van der Waals surface area contributed by atoms with Crippen LogP contribution in [0.1, 0.15) is 40.2 Å². The second kappa shape index (κ2) is 8.07. The lowest BCUT2D eigenvalue weighted by Crippen LogP contribution is -2.45. The van der Waals surface area contributed by atoms with Crippen LogP contribution in [0.2, 0.25) is 0 Å². The lowest BCUT2D eigenvalue weighted by molar-refractivity contribution is -0.137. The highest BCUT2D eigenvalue weighted by molar-refractivity contribution is 7.19. The summed E-state index contributed by atoms with van der Waals surface area (Å²) in [5, 5.41) is -0.138. The van der Waals surface area contributed by atoms with Gasteiger partial charge in [0.15, 0.2) is 0 Å². The summed E-state index contributed by atoms with van der Waals surface area (Å²) in [6.07, 6.45) is 2.96. The van der Waals surface area contributed by atoms with E-state index in [2.05, 4.69) is 23.1 Å². The van der Waals surface area contributed by atoms with Crippen LogP contribution in [0.25, 0.3) is 6.08 Å². The zero-order valence-electron chi connectivity index (χ0n) is 14.5. The van der Waals surface area contributed by atoms with Gasteiger partial charge < -0.3 is 9.39 Å². The Balaban J connectivity index is 2.94. The van der Waals surface area contributed by atoms with Crippen LogP contribution in [0.3, 0.4) is 0 Å². The summed E-state index contributed by atoms with van der Waals surface area (Å²) in [5.41, 5.74) is 1.01. The van der Waals surface area contributed by atoms with Crippen LogP contribution in [-0.2, 0) is 14.2 Å². The van der Waals surface area contributed by atoms with Gasteiger partial charge in [-0.25, -0.2) is 9.18 Å². The molecule has 0 heterocycles. The molecular weight excluding hydrogens is 313 g/mol. The lowest BCUT2D eigenvalue weighted by atomic mass is 9.81. The number of hydrogen-bond donors (Lipinski definition) is 0. The summed E-state index contributed by atoms with van der Waals surface area (Å²) >= 11 is 0. The van der Waals surface area contributed by atoms with Crippen LogP contribution in [0.5, 0.6) is 0 Å². The molecule has 1 rings (SSSR count). The molecule has 3 nitrogen and oxygen atoms in total. The number of esters is 1. The molecule has 0 aliphatic heterocycles. The van der Waals surface area contributed by atoms with E-state index in [1.807, 2.05) is 13.8 Å². The van der Waals surface area contributed by atoms with E-state index < -0.39 is 11.6 Å². The first-order chi connectivity index (χ1) is 10.6. The molecule has 0 saturated heterocycles. The Labute approximate surface area is 141 Å². The maximum atomic E-state index is 13.5. The Morgan fingerprint density at radius 2 is 2.00 bits per heavy atom. The third-order valence-electron chi connectivity index (χ3n) is 3.93. The van der Waals surface area contributed by atoms with Gasteiger partial charge in [-0.1, -0.05) is 19.9 Å². The van der Waals surface area contributed by atoms with Crippen LogP contribution in [0, 0.1) is 5.82 Å². The van der Waals surface area contributed by atoms with Gasteiger partial charge in [0, 0.05) is 11.2 Å². The molecule has 0 aromatic heterocycles. The van der Waals surface area contributed by atoms with E-state index in [1.165, 1.54) is 18.2 Å². The molecule has 0 N–H and O–H groups in total. The third kappa shape index (κ3) is 6.08. The molecule has 0 bridgehead atoms. The van der Waals surface area contributed by atoms with Crippen molar-refractivity contribution in [1.82, 2.24) is 0 Å². The second-order valence-electron chi connectivity index (χ2n) is 6.45. The Hall–Kier alpha value is -1.19. The van der Waals surface area contributed by atoms with E-state index in [1.54, 1.807) is 19.1 Å². The van der Waals surface area contributed by atoms with Gasteiger partial charge in [-0.05, 0) is 50.0 Å². The Bertz CT molecular complexity index is 580. The largest absolute Gasteiger partial charge is 0.463 e. The standard InChI is InChI=1S/C17H25BFO3P/c1-6-21-15(20)10-8-12-7-9-13(19)11-14(12)18-22-16(2,3)17(4,5)23/h7-11,18H,6,23H2,1-5H3/b10-8+. The predicted molar refractivity (Wildman–Crippen MR) is 97.8 cm³/mol. The van der Waals surface area contributed by atoms with Crippen molar-refractivity contribution in [1.29, 1.82) is 0 Å². The van der Waals surface area contributed by atoms with Crippen LogP contribution in [0.15, 0.2) is 24.3 Å². The quantitative estimate of drug-likeness (QED) is 0.332. The number of rotatable bonds is 7. The Morgan fingerprint density at radius 1 is 1.35 bits per heavy atom. The van der Waals surface area contributed by atoms with E-state index in [0.717, 1.165) is 5.56 Å². The third-order valence-corrected chi connectivity index (χ3v) is 4.63. The molecule has 0 aliphatic carbocycles. The maximum Gasteiger partial charge on any atom is 0.330 e. The monoisotopic (exact) mass is 338 g/mol. The Morgan fingerprint density at radius 3 is 2.57 bits per heavy atom. The SMILES string of the molecule is CCOC(=O)/C=C/c1ccc(F)cc1BOC(C)(C)C(C)(C)P. The molecule has 23 heavy (non-hydrogen) atoms. The summed E-state index contributed by atoms with van der Waals surface area (Å²) in [7, 11) is 3.02. The minimum absolute atomic E-state index is 0.138. The van der Waals surface area contributed by atoms with E-state index in [4.69, 9.17) is 9.39 Å². The molecule has 0 radical (unpaired) electrons. The molecule has 0 saturated carbocycles. The molecule has 0 fully saturated rings. The van der Waals surface area contributed by atoms with Gasteiger partial charge in [0.25, 0.3) is 0 Å². The minimum Gasteiger partial charge on any atom is -0.463 e. The van der Waals surface area contributed by atoms with Gasteiger partial charge in [0.1, 0.15) is 5.82 Å². The van der Waals surface area contributed by atoms with E-state index in [-0.39, 0.29) is 18.5 Å². The zero-order valence-corrected chi connectivity index (χ0v) is 15.6. The van der Waals surface area contributed by atoms with Crippen LogP contribution in [0.4, 0.5) is 4.39 Å². The first kappa shape index (κ1) is 19.9. The minimum atomic E-state index is -0.421. The first-order valence-electron chi connectivity index (χ1n) is 7.63. The zero-order chi connectivity index (χ0) is 17.7. The van der Waals surface area contributed by atoms with Crippen molar-refractivity contribution in [2.45, 2.75) is 45.4 Å². The Kier molecular flexibility index (Phi) is 6.97. The van der Waals surface area contributed by atoms with Crippen LogP contribution < -0.4 is 5.46 Å². The van der Waals surface area contributed by atoms with Crippen molar-refractivity contribution in [3.05, 3.63) is 35.7 Å². The number of carbonyl (C=O) groups excluding carboxylic acids is 1. The summed E-state index contributed by atoms with van der Waals surface area (Å²) in [6, 6.07) is 4.42. The summed E-state index contributed by atoms with van der Waals surface area (Å²) in [6.45, 7) is 10.2. The number of benzene rings is 1. The number of halogens is 1. The van der Waals surface area contributed by atoms with Crippen molar-refractivity contribution in [3.63, 3.8) is 0 Å². The van der Waals surface area contributed by atoms with Crippen molar-refractivity contribution in [2.75, 3.05) is 6.61 Å². The van der Waals surface area contributed by atoms with Gasteiger partial charge in [0.2, 0.25) is 0 Å². The number of ether oxygens (including phenoxy) is 1. The highest BCUT2D eigenvalue weighted by Gasteiger charge is 2.33. The lowest BCUT2D eigenvalue weighted by Gasteiger charge is -2.39. The maximum absolute atomic E-state index is 13.5. The topological polar surface area (TPSA) is 35.5 Å². The van der Waals surface area contributed by atoms with Crippen LogP contribution >= 0.6 is 9.24 Å². The molecular formula is C17H25BFO3P. The van der Waals surface area contributed by atoms with Crippen molar-refractivity contribution in [2.24, 2.45) is 0 Å². The van der Waals surface area contributed by atoms with Gasteiger partial charge in [-0.2, -0.15) is 0 Å². The van der Waals surface area contributed by atoms with Gasteiger partial charge >= 0.3 is 13.5 Å². The van der Waals surface area contributed by atoms with E-state index in [0.29, 0.717) is 12.1 Å². The van der Waals surface area contributed by atoms with Crippen LogP contribution in [-0.4, -0.2) is 30.8 Å². The van der Waals surface area contributed by atoms with Gasteiger partial charge in [0.05, 0.1) is 12.2 Å². The molecule has 1 atom stereocenters. The fraction of sp³-hybridized carbons (Fsp3) is 0.471. The number of hydrogen-bond acceptors (Lipinski definition) is 3. The summed E-state index contributed by atoms with van der Waals surface area (Å²) < 4.78 is 24.4. The van der Waals surface area contributed by atoms with Crippen molar-refractivity contribution >= 4 is 34.2 Å². The van der Waals surface area contributed by atoms with Crippen molar-refractivity contribution in [3.8, 4) is 0 Å². The summed E-state index contributed by atoms with van der Waals surface area (Å²) in [4.78, 5) is 11.4. The molecule has 1 unspecified atom stereocenters. The fourth-order valence-electron chi connectivity index (χ4n) is 1.65. The summed E-state index contributed by atoms with van der Waals surface area (Å²) in [5.74, 6) is -0.755. The van der Waals surface area contributed by atoms with Gasteiger partial charge in [-0.15, -0.1) is 9.24 Å². The van der Waals surface area contributed by atoms with E-state index >= 15 is 0 Å².